The lowest BCUT2D eigenvalue weighted by Crippen LogP contribution is -2.72. The molecule has 4 atom stereocenters. The topological polar surface area (TPSA) is 120 Å². The predicted molar refractivity (Wildman–Crippen MR) is 180 cm³/mol. The summed E-state index contributed by atoms with van der Waals surface area (Å²) in [5.41, 5.74) is 8.10. The SMILES string of the molecule is COc1cc(C(=O)N2C[C@H](N)[C@H]3CC[C@@H]2C3)cc2nc(-c3cc4ccc([C@@H](C)NC(=O)C56CC(C(F)(F)F)(C5)C6)nc4n3CC3CC3)n(C)c12. The number of nitrogens with zero attached hydrogens (tertiary/aromatic N) is 5. The first-order valence-corrected chi connectivity index (χ1v) is 17.8. The number of likely N-dealkylation sites (tertiary alicyclic amines) is 1. The van der Waals surface area contributed by atoms with Gasteiger partial charge in [0.2, 0.25) is 5.91 Å². The van der Waals surface area contributed by atoms with E-state index in [0.717, 1.165) is 60.9 Å². The molecule has 4 aromatic rings. The number of aryl methyl sites for hydroxylation is 1. The molecule has 1 aliphatic heterocycles. The van der Waals surface area contributed by atoms with Crippen LogP contribution in [-0.4, -0.2) is 67.7 Å². The number of piperidine rings is 1. The van der Waals surface area contributed by atoms with Gasteiger partial charge < -0.3 is 29.8 Å². The third-order valence-corrected chi connectivity index (χ3v) is 12.6. The number of rotatable bonds is 8. The lowest BCUT2D eigenvalue weighted by Gasteiger charge is -2.69. The highest BCUT2D eigenvalue weighted by Gasteiger charge is 2.80. The molecule has 13 heteroatoms. The molecule has 2 amide bonds. The van der Waals surface area contributed by atoms with Crippen molar-refractivity contribution in [3.8, 4) is 17.3 Å². The Kier molecular flexibility index (Phi) is 6.81. The molecule has 264 valence electrons. The van der Waals surface area contributed by atoms with Gasteiger partial charge in [0.25, 0.3) is 5.91 Å². The summed E-state index contributed by atoms with van der Waals surface area (Å²) in [5.74, 6) is 1.91. The monoisotopic (exact) mass is 689 g/mol. The van der Waals surface area contributed by atoms with Gasteiger partial charge in [-0.2, -0.15) is 13.2 Å². The second-order valence-corrected chi connectivity index (χ2v) is 15.9. The summed E-state index contributed by atoms with van der Waals surface area (Å²) in [6, 6.07) is 9.30. The minimum atomic E-state index is -4.26. The summed E-state index contributed by atoms with van der Waals surface area (Å²) in [4.78, 5) is 39.1. The van der Waals surface area contributed by atoms with Gasteiger partial charge in [0, 0.05) is 43.2 Å². The van der Waals surface area contributed by atoms with E-state index in [1.54, 1.807) is 7.11 Å². The van der Waals surface area contributed by atoms with Crippen molar-refractivity contribution in [1.29, 1.82) is 0 Å². The molecular formula is C37H42F3N7O3. The smallest absolute Gasteiger partial charge is 0.394 e. The van der Waals surface area contributed by atoms with E-state index in [4.69, 9.17) is 20.4 Å². The zero-order valence-electron chi connectivity index (χ0n) is 28.5. The van der Waals surface area contributed by atoms with Crippen molar-refractivity contribution in [3.63, 3.8) is 0 Å². The van der Waals surface area contributed by atoms with Crippen molar-refractivity contribution < 1.29 is 27.5 Å². The van der Waals surface area contributed by atoms with Crippen molar-refractivity contribution in [2.24, 2.45) is 35.4 Å². The first-order chi connectivity index (χ1) is 23.8. The van der Waals surface area contributed by atoms with Crippen LogP contribution in [0.5, 0.6) is 5.75 Å². The first kappa shape index (κ1) is 31.8. The van der Waals surface area contributed by atoms with E-state index in [-0.39, 0.29) is 43.2 Å². The van der Waals surface area contributed by atoms with E-state index in [1.165, 1.54) is 0 Å². The molecule has 50 heavy (non-hydrogen) atoms. The molecule has 4 heterocycles. The van der Waals surface area contributed by atoms with E-state index < -0.39 is 23.0 Å². The summed E-state index contributed by atoms with van der Waals surface area (Å²) in [6.45, 7) is 3.13. The number of nitrogens with one attached hydrogen (secondary N) is 1. The molecule has 1 aromatic carbocycles. The van der Waals surface area contributed by atoms with Crippen LogP contribution < -0.4 is 15.8 Å². The number of methoxy groups -OCH3 is 1. The Bertz CT molecular complexity index is 2060. The van der Waals surface area contributed by atoms with E-state index in [0.29, 0.717) is 46.7 Å². The molecule has 3 N–H and O–H groups in total. The van der Waals surface area contributed by atoms with Gasteiger partial charge in [-0.3, -0.25) is 9.59 Å². The molecule has 0 unspecified atom stereocenters. The average molecular weight is 690 g/mol. The number of halogens is 3. The maximum absolute atomic E-state index is 13.9. The Morgan fingerprint density at radius 1 is 1.10 bits per heavy atom. The van der Waals surface area contributed by atoms with E-state index in [1.807, 2.05) is 47.7 Å². The number of imidazole rings is 1. The van der Waals surface area contributed by atoms with Gasteiger partial charge in [-0.25, -0.2) is 9.97 Å². The maximum Gasteiger partial charge on any atom is 0.394 e. The van der Waals surface area contributed by atoms with Crippen molar-refractivity contribution in [1.82, 2.24) is 29.3 Å². The fraction of sp³-hybridized carbons (Fsp3) is 0.568. The number of aromatic nitrogens is 4. The zero-order valence-corrected chi connectivity index (χ0v) is 28.5. The second-order valence-electron chi connectivity index (χ2n) is 15.9. The number of amides is 2. The number of nitrogens with two attached hydrogens (primary N) is 1. The number of fused-ring (bicyclic) bond motifs is 4. The minimum Gasteiger partial charge on any atom is -0.494 e. The van der Waals surface area contributed by atoms with Crippen LogP contribution in [0.3, 0.4) is 0 Å². The second kappa shape index (κ2) is 10.7. The third-order valence-electron chi connectivity index (χ3n) is 12.6. The highest BCUT2D eigenvalue weighted by atomic mass is 19.4. The number of benzene rings is 1. The molecule has 0 radical (unpaired) electrons. The van der Waals surface area contributed by atoms with Gasteiger partial charge >= 0.3 is 6.18 Å². The maximum atomic E-state index is 13.9. The largest absolute Gasteiger partial charge is 0.494 e. The predicted octanol–water partition coefficient (Wildman–Crippen LogP) is 5.87. The molecule has 4 bridgehead atoms. The normalized spacial score (nSPS) is 29.2. The zero-order chi connectivity index (χ0) is 34.9. The van der Waals surface area contributed by atoms with Crippen molar-refractivity contribution in [2.45, 2.75) is 89.1 Å². The molecule has 0 spiro atoms. The van der Waals surface area contributed by atoms with Crippen LogP contribution in [0.25, 0.3) is 33.6 Å². The molecule has 10 nitrogen and oxygen atoms in total. The van der Waals surface area contributed by atoms with Gasteiger partial charge in [0.15, 0.2) is 5.82 Å². The Hall–Kier alpha value is -4.13. The summed E-state index contributed by atoms with van der Waals surface area (Å²) >= 11 is 0. The molecule has 5 aliphatic carbocycles. The van der Waals surface area contributed by atoms with Crippen molar-refractivity contribution >= 4 is 33.9 Å². The van der Waals surface area contributed by atoms with E-state index in [2.05, 4.69) is 16.0 Å². The molecule has 1 saturated heterocycles. The number of carbonyl (C=O) groups is 2. The first-order valence-electron chi connectivity index (χ1n) is 17.8. The van der Waals surface area contributed by atoms with E-state index >= 15 is 0 Å². The molecule has 10 rings (SSSR count). The lowest BCUT2D eigenvalue weighted by molar-refractivity contribution is -0.351. The fourth-order valence-corrected chi connectivity index (χ4v) is 9.49. The Morgan fingerprint density at radius 2 is 1.86 bits per heavy atom. The summed E-state index contributed by atoms with van der Waals surface area (Å²) in [5, 5.41) is 3.88. The summed E-state index contributed by atoms with van der Waals surface area (Å²) in [6.07, 6.45) is 0.585. The number of pyridine rings is 1. The number of ether oxygens (including phenoxy) is 1. The Morgan fingerprint density at radius 3 is 2.56 bits per heavy atom. The van der Waals surface area contributed by atoms with Gasteiger partial charge in [-0.05, 0) is 100 Å². The number of hydrogen-bond donors (Lipinski definition) is 2. The van der Waals surface area contributed by atoms with Crippen LogP contribution in [0.15, 0.2) is 30.3 Å². The highest BCUT2D eigenvalue weighted by Crippen LogP contribution is 2.78. The van der Waals surface area contributed by atoms with Crippen LogP contribution in [0.1, 0.15) is 80.4 Å². The van der Waals surface area contributed by atoms with Gasteiger partial charge in [-0.1, -0.05) is 0 Å². The highest BCUT2D eigenvalue weighted by molar-refractivity contribution is 6.00. The molecular weight excluding hydrogens is 647 g/mol. The van der Waals surface area contributed by atoms with Crippen LogP contribution in [0.4, 0.5) is 13.2 Å². The van der Waals surface area contributed by atoms with Crippen LogP contribution in [0.2, 0.25) is 0 Å². The van der Waals surface area contributed by atoms with E-state index in [9.17, 15) is 22.8 Å². The van der Waals surface area contributed by atoms with Crippen LogP contribution >= 0.6 is 0 Å². The van der Waals surface area contributed by atoms with Crippen molar-refractivity contribution in [3.05, 3.63) is 41.6 Å². The summed E-state index contributed by atoms with van der Waals surface area (Å²) in [7, 11) is 3.55. The van der Waals surface area contributed by atoms with Gasteiger partial charge in [0.1, 0.15) is 16.9 Å². The van der Waals surface area contributed by atoms with Crippen LogP contribution in [-0.2, 0) is 18.4 Å². The molecule has 3 aromatic heterocycles. The Labute approximate surface area is 287 Å². The van der Waals surface area contributed by atoms with Gasteiger partial charge in [-0.15, -0.1) is 0 Å². The average Bonchev–Trinajstić information content (AvgIpc) is 3.49. The standard InChI is InChI=1S/C37H42F3N7O3/c1-19(42-34(49)35-16-36(17-35,18-35)37(38,39)40)26-9-7-22-12-28(47(31(22)43-26)14-20-4-5-20)32-44-27-11-23(13-29(50-3)30(27)45(32)2)33(48)46-15-25(41)21-6-8-24(46)10-21/h7,9,11-13,19-21,24-25H,4-6,8,10,14-18,41H2,1-3H3,(H,42,49)/t19-,21+,24-,25+,35?,36?/m1/s1. The fourth-order valence-electron chi connectivity index (χ4n) is 9.49. The third kappa shape index (κ3) is 4.64. The number of alkyl halides is 3. The lowest BCUT2D eigenvalue weighted by atomic mass is 9.34. The van der Waals surface area contributed by atoms with Crippen LogP contribution in [0, 0.1) is 22.7 Å². The van der Waals surface area contributed by atoms with Gasteiger partial charge in [0.05, 0.1) is 40.9 Å². The quantitative estimate of drug-likeness (QED) is 0.239. The Balaban J connectivity index is 1.04. The minimum absolute atomic E-state index is 0.00896. The number of carbonyl (C=O) groups excluding carboxylic acids is 2. The van der Waals surface area contributed by atoms with Crippen molar-refractivity contribution in [2.75, 3.05) is 13.7 Å². The molecule has 6 aliphatic rings. The summed E-state index contributed by atoms with van der Waals surface area (Å²) < 4.78 is 50.2. The molecule has 5 saturated carbocycles. The number of hydrogen-bond acceptors (Lipinski definition) is 6. The molecule has 6 fully saturated rings.